The maximum atomic E-state index is 13.7. The molecule has 1 aliphatic rings. The zero-order valence-corrected chi connectivity index (χ0v) is 27.8. The molecule has 0 saturated carbocycles. The molecule has 15 nitrogen and oxygen atoms in total. The number of hydrogen-bond donors (Lipinski definition) is 0. The van der Waals surface area contributed by atoms with Crippen LogP contribution in [0.2, 0.25) is 5.02 Å². The molecular formula is C33H33ClFN3O12. The fourth-order valence-electron chi connectivity index (χ4n) is 5.26. The lowest BCUT2D eigenvalue weighted by Gasteiger charge is -2.23. The van der Waals surface area contributed by atoms with E-state index >= 15 is 0 Å². The molecule has 3 aromatic carbocycles. The molecule has 1 fully saturated rings. The highest BCUT2D eigenvalue weighted by atomic mass is 35.5. The van der Waals surface area contributed by atoms with Crippen molar-refractivity contribution in [3.8, 4) is 23.0 Å². The molecule has 266 valence electrons. The molecule has 1 saturated heterocycles. The summed E-state index contributed by atoms with van der Waals surface area (Å²) in [4.78, 5) is 60.0. The summed E-state index contributed by atoms with van der Waals surface area (Å²) in [7, 11) is 2.52. The topological polar surface area (TPSA) is 187 Å². The van der Waals surface area contributed by atoms with Crippen LogP contribution in [0.25, 0.3) is 0 Å². The highest BCUT2D eigenvalue weighted by Crippen LogP contribution is 2.38. The Labute approximate surface area is 290 Å². The second kappa shape index (κ2) is 17.2. The van der Waals surface area contributed by atoms with Crippen LogP contribution in [0.15, 0.2) is 48.5 Å². The number of nitrogens with zero attached hydrogens (tertiary/aromatic N) is 3. The SMILES string of the molecule is COC(=O)C1CCCN1C(=O)c1cc(OC)c(OCCCCCOc2cc([N+](=O)[O-])c(C(=O)F)cc2OCc2ccc(Cl)cc2)cc1[N+](=O)[O-]. The Morgan fingerprint density at radius 1 is 0.840 bits per heavy atom. The summed E-state index contributed by atoms with van der Waals surface area (Å²) in [6.45, 7) is 0.376. The van der Waals surface area contributed by atoms with Crippen LogP contribution in [0.3, 0.4) is 0 Å². The summed E-state index contributed by atoms with van der Waals surface area (Å²) in [5.41, 5.74) is -1.64. The highest BCUT2D eigenvalue weighted by molar-refractivity contribution is 6.30. The Kier molecular flexibility index (Phi) is 12.9. The Morgan fingerprint density at radius 2 is 1.40 bits per heavy atom. The predicted octanol–water partition coefficient (Wildman–Crippen LogP) is 6.26. The Hall–Kier alpha value is -5.51. The number of ether oxygens (including phenoxy) is 5. The molecule has 17 heteroatoms. The normalized spacial score (nSPS) is 13.8. The zero-order chi connectivity index (χ0) is 36.4. The third kappa shape index (κ3) is 9.13. The second-order valence-electron chi connectivity index (χ2n) is 11.0. The van der Waals surface area contributed by atoms with Gasteiger partial charge in [0.25, 0.3) is 17.3 Å². The molecule has 0 bridgehead atoms. The number of benzene rings is 3. The molecule has 1 atom stereocenters. The molecule has 0 aromatic heterocycles. The monoisotopic (exact) mass is 717 g/mol. The molecule has 4 rings (SSSR count). The number of nitro benzene ring substituents is 2. The van der Waals surface area contributed by atoms with Crippen LogP contribution in [0.1, 0.15) is 58.4 Å². The minimum atomic E-state index is -2.00. The fourth-order valence-corrected chi connectivity index (χ4v) is 5.39. The van der Waals surface area contributed by atoms with Gasteiger partial charge in [-0.05, 0) is 49.8 Å². The number of methoxy groups -OCH3 is 2. The minimum Gasteiger partial charge on any atom is -0.493 e. The van der Waals surface area contributed by atoms with E-state index in [1.165, 1.54) is 25.2 Å². The Balaban J connectivity index is 1.37. The number of likely N-dealkylation sites (tertiary alicyclic amines) is 1. The average Bonchev–Trinajstić information content (AvgIpc) is 3.60. The molecule has 1 unspecified atom stereocenters. The minimum absolute atomic E-state index is 0.0222. The first kappa shape index (κ1) is 37.3. The van der Waals surface area contributed by atoms with Crippen LogP contribution in [0.4, 0.5) is 15.8 Å². The van der Waals surface area contributed by atoms with Crippen molar-refractivity contribution in [1.82, 2.24) is 4.90 Å². The summed E-state index contributed by atoms with van der Waals surface area (Å²) < 4.78 is 41.0. The molecule has 0 N–H and O–H groups in total. The number of nitro groups is 2. The molecule has 1 amide bonds. The third-order valence-electron chi connectivity index (χ3n) is 7.78. The summed E-state index contributed by atoms with van der Waals surface area (Å²) >= 11 is 5.91. The van der Waals surface area contributed by atoms with E-state index in [4.69, 9.17) is 35.3 Å². The van der Waals surface area contributed by atoms with Crippen molar-refractivity contribution in [3.63, 3.8) is 0 Å². The van der Waals surface area contributed by atoms with E-state index in [9.17, 15) is 39.0 Å². The van der Waals surface area contributed by atoms with Crippen LogP contribution in [-0.2, 0) is 16.1 Å². The summed E-state index contributed by atoms with van der Waals surface area (Å²) in [5.74, 6) is -1.33. The van der Waals surface area contributed by atoms with E-state index in [0.717, 1.165) is 18.2 Å². The lowest BCUT2D eigenvalue weighted by atomic mass is 10.1. The van der Waals surface area contributed by atoms with Gasteiger partial charge < -0.3 is 28.6 Å². The van der Waals surface area contributed by atoms with Crippen LogP contribution >= 0.6 is 11.6 Å². The highest BCUT2D eigenvalue weighted by Gasteiger charge is 2.38. The van der Waals surface area contributed by atoms with E-state index in [2.05, 4.69) is 0 Å². The van der Waals surface area contributed by atoms with E-state index in [0.29, 0.717) is 42.7 Å². The van der Waals surface area contributed by atoms with E-state index in [1.54, 1.807) is 24.3 Å². The van der Waals surface area contributed by atoms with E-state index < -0.39 is 50.7 Å². The second-order valence-corrected chi connectivity index (χ2v) is 11.4. The number of unbranched alkanes of at least 4 members (excludes halogenated alkanes) is 2. The average molecular weight is 718 g/mol. The molecule has 3 aromatic rings. The molecular weight excluding hydrogens is 685 g/mol. The molecule has 50 heavy (non-hydrogen) atoms. The van der Waals surface area contributed by atoms with Crippen molar-refractivity contribution in [3.05, 3.63) is 90.5 Å². The number of halogens is 2. The first-order chi connectivity index (χ1) is 23.9. The van der Waals surface area contributed by atoms with Gasteiger partial charge in [0.15, 0.2) is 23.0 Å². The van der Waals surface area contributed by atoms with Gasteiger partial charge in [-0.3, -0.25) is 29.8 Å². The van der Waals surface area contributed by atoms with Crippen molar-refractivity contribution in [1.29, 1.82) is 0 Å². The van der Waals surface area contributed by atoms with E-state index in [-0.39, 0.29) is 54.9 Å². The fraction of sp³-hybridized carbons (Fsp3) is 0.364. The Morgan fingerprint density at radius 3 is 1.96 bits per heavy atom. The van der Waals surface area contributed by atoms with Crippen molar-refractivity contribution < 1.29 is 52.3 Å². The van der Waals surface area contributed by atoms with Crippen molar-refractivity contribution in [2.24, 2.45) is 0 Å². The van der Waals surface area contributed by atoms with Crippen molar-refractivity contribution >= 4 is 40.9 Å². The predicted molar refractivity (Wildman–Crippen MR) is 175 cm³/mol. The van der Waals surface area contributed by atoms with Crippen LogP contribution in [-0.4, -0.2) is 72.7 Å². The molecule has 0 aliphatic carbocycles. The molecule has 0 radical (unpaired) electrons. The van der Waals surface area contributed by atoms with Gasteiger partial charge in [0, 0.05) is 23.7 Å². The van der Waals surface area contributed by atoms with E-state index in [1.807, 2.05) is 0 Å². The lowest BCUT2D eigenvalue weighted by molar-refractivity contribution is -0.385. The van der Waals surface area contributed by atoms with Gasteiger partial charge >= 0.3 is 12.0 Å². The number of amides is 1. The maximum Gasteiger partial charge on any atom is 0.339 e. The number of carbonyl (C=O) groups is 3. The first-order valence-electron chi connectivity index (χ1n) is 15.4. The van der Waals surface area contributed by atoms with Gasteiger partial charge in [-0.25, -0.2) is 4.79 Å². The number of esters is 1. The summed E-state index contributed by atoms with van der Waals surface area (Å²) in [5, 5.41) is 24.0. The van der Waals surface area contributed by atoms with Gasteiger partial charge in [-0.1, -0.05) is 23.7 Å². The van der Waals surface area contributed by atoms with Crippen molar-refractivity contribution in [2.75, 3.05) is 34.0 Å². The largest absolute Gasteiger partial charge is 0.493 e. The summed E-state index contributed by atoms with van der Waals surface area (Å²) in [6, 6.07) is 7.98. The molecule has 1 heterocycles. The first-order valence-corrected chi connectivity index (χ1v) is 15.7. The van der Waals surface area contributed by atoms with Crippen LogP contribution in [0, 0.1) is 20.2 Å². The standard InChI is InChI=1S/C33H33ClFN3O12/c1-46-27-16-23(32(40)36-12-6-7-24(36)33(41)47-2)26(38(44)45)18-29(27)48-13-4-3-5-14-49-30-17-25(37(42)43)22(31(35)39)15-28(30)50-19-20-8-10-21(34)11-9-20/h8-11,15-18,24H,3-7,12-14,19H2,1-2H3. The number of carbonyl (C=O) groups excluding carboxylic acids is 3. The van der Waals surface area contributed by atoms with Gasteiger partial charge in [0.1, 0.15) is 23.8 Å². The number of hydrogen-bond acceptors (Lipinski definition) is 12. The van der Waals surface area contributed by atoms with Gasteiger partial charge in [-0.2, -0.15) is 4.39 Å². The van der Waals surface area contributed by atoms with Gasteiger partial charge in [0.2, 0.25) is 0 Å². The maximum absolute atomic E-state index is 13.7. The quantitative estimate of drug-likeness (QED) is 0.0502. The zero-order valence-electron chi connectivity index (χ0n) is 27.1. The van der Waals surface area contributed by atoms with Gasteiger partial charge in [-0.15, -0.1) is 0 Å². The smallest absolute Gasteiger partial charge is 0.339 e. The van der Waals surface area contributed by atoms with Crippen molar-refractivity contribution in [2.45, 2.75) is 44.8 Å². The lowest BCUT2D eigenvalue weighted by Crippen LogP contribution is -2.41. The third-order valence-corrected chi connectivity index (χ3v) is 8.03. The number of rotatable bonds is 17. The summed E-state index contributed by atoms with van der Waals surface area (Å²) in [6.07, 6.45) is 2.31. The molecule has 1 aliphatic heterocycles. The Bertz CT molecular complexity index is 1750. The van der Waals surface area contributed by atoms with Crippen LogP contribution < -0.4 is 18.9 Å². The van der Waals surface area contributed by atoms with Crippen LogP contribution in [0.5, 0.6) is 23.0 Å². The van der Waals surface area contributed by atoms with Gasteiger partial charge in [0.05, 0.1) is 49.4 Å². The molecule has 0 spiro atoms.